The maximum absolute atomic E-state index is 10.3. The molecule has 13 heavy (non-hydrogen) atoms. The van der Waals surface area contributed by atoms with Crippen LogP contribution >= 0.6 is 0 Å². The number of rotatable bonds is 3. The van der Waals surface area contributed by atoms with Gasteiger partial charge in [0.1, 0.15) is 0 Å². The average molecular weight is 207 g/mol. The van der Waals surface area contributed by atoms with Gasteiger partial charge in [0.05, 0.1) is 4.91 Å². The fourth-order valence-electron chi connectivity index (χ4n) is 0.753. The first kappa shape index (κ1) is 12.7. The van der Waals surface area contributed by atoms with Crippen LogP contribution < -0.4 is 5.32 Å². The summed E-state index contributed by atoms with van der Waals surface area (Å²) in [5.41, 5.74) is 0.682. The average Bonchev–Trinajstić information content (AvgIpc) is 2.06. The third-order valence-electron chi connectivity index (χ3n) is 1.31. The Balaban J connectivity index is 0.00000144. The van der Waals surface area contributed by atoms with Crippen molar-refractivity contribution in [3.63, 3.8) is 0 Å². The van der Waals surface area contributed by atoms with Gasteiger partial charge in [-0.3, -0.25) is 4.79 Å². The van der Waals surface area contributed by atoms with Gasteiger partial charge >= 0.3 is 57.1 Å². The zero-order valence-electron chi connectivity index (χ0n) is 6.10. The molecule has 0 aliphatic carbocycles. The molecule has 0 aliphatic rings. The third kappa shape index (κ3) is 3.97. The quantitative estimate of drug-likeness (QED) is 0.428. The Morgan fingerprint density at radius 3 is 2.23 bits per heavy atom. The van der Waals surface area contributed by atoms with Crippen molar-refractivity contribution in [1.29, 1.82) is 0 Å². The summed E-state index contributed by atoms with van der Waals surface area (Å²) in [5.74, 6) is 0. The van der Waals surface area contributed by atoms with Crippen molar-refractivity contribution in [2.24, 2.45) is 0 Å². The number of benzene rings is 1. The standard InChI is InChI=1S/C7H6N2O3.K.H/c10-5-8-6-1-3-7(4-2-6)9(11)12;;/h1-5H,(H-,8,10,11,12);;/p+1. The summed E-state index contributed by atoms with van der Waals surface area (Å²) in [7, 11) is 0. The van der Waals surface area contributed by atoms with E-state index in [1.54, 1.807) is 0 Å². The number of anilines is 1. The third-order valence-corrected chi connectivity index (χ3v) is 1.31. The van der Waals surface area contributed by atoms with Crippen molar-refractivity contribution in [2.45, 2.75) is 0 Å². The fraction of sp³-hybridized carbons (Fsp3) is 0. The first-order valence-electron chi connectivity index (χ1n) is 3.20. The van der Waals surface area contributed by atoms with E-state index in [-0.39, 0.29) is 62.0 Å². The van der Waals surface area contributed by atoms with Crippen LogP contribution in [0.15, 0.2) is 24.3 Å². The first-order valence-corrected chi connectivity index (χ1v) is 3.20. The Labute approximate surface area is 117 Å². The molecular formula is C7H8KN2O3+. The van der Waals surface area contributed by atoms with E-state index in [0.717, 1.165) is 0 Å². The Bertz CT molecular complexity index is 299. The Hall–Kier alpha value is -0.274. The van der Waals surface area contributed by atoms with Gasteiger partial charge in [-0.1, -0.05) is 0 Å². The van der Waals surface area contributed by atoms with Gasteiger partial charge in [0.25, 0.3) is 4.92 Å². The van der Waals surface area contributed by atoms with Crippen molar-refractivity contribution in [2.75, 3.05) is 5.32 Å². The molecule has 0 bridgehead atoms. The van der Waals surface area contributed by atoms with Gasteiger partial charge < -0.3 is 5.32 Å². The summed E-state index contributed by atoms with van der Waals surface area (Å²) in [6.45, 7) is 0. The van der Waals surface area contributed by atoms with Gasteiger partial charge in [0, 0.05) is 17.8 Å². The summed E-state index contributed by atoms with van der Waals surface area (Å²) in [6.07, 6.45) is 0.531. The van der Waals surface area contributed by atoms with Crippen molar-refractivity contribution in [3.8, 4) is 0 Å². The van der Waals surface area contributed by atoms with E-state index in [2.05, 4.69) is 5.32 Å². The SMILES string of the molecule is O=CNc1ccc([N+](=O)O)cc1.[KH]. The molecule has 1 aromatic rings. The second-order valence-corrected chi connectivity index (χ2v) is 2.08. The summed E-state index contributed by atoms with van der Waals surface area (Å²) >= 11 is 0. The fourth-order valence-corrected chi connectivity index (χ4v) is 0.753. The minimum absolute atomic E-state index is 0. The van der Waals surface area contributed by atoms with Crippen LogP contribution in [0.4, 0.5) is 11.4 Å². The molecule has 0 unspecified atom stereocenters. The molecular weight excluding hydrogens is 199 g/mol. The molecule has 0 radical (unpaired) electrons. The predicted molar refractivity (Wildman–Crippen MR) is 48.4 cm³/mol. The number of nitrogens with zero attached hydrogens (tertiary/aromatic N) is 1. The normalized spacial score (nSPS) is 8.31. The molecule has 0 saturated heterocycles. The number of nitrogens with one attached hydrogen (secondary N) is 1. The van der Waals surface area contributed by atoms with Gasteiger partial charge in [0.15, 0.2) is 0 Å². The number of hydrogen-bond acceptors (Lipinski definition) is 2. The number of hydrogen-bond donors (Lipinski definition) is 2. The van der Waals surface area contributed by atoms with E-state index in [9.17, 15) is 9.70 Å². The molecule has 64 valence electrons. The molecule has 0 aliphatic heterocycles. The van der Waals surface area contributed by atoms with Crippen LogP contribution in [-0.2, 0) is 4.79 Å². The minimum atomic E-state index is -0.245. The second kappa shape index (κ2) is 6.22. The van der Waals surface area contributed by atoms with Gasteiger partial charge in [0.2, 0.25) is 6.41 Å². The molecule has 0 atom stereocenters. The molecule has 0 aromatic heterocycles. The number of carbonyl (C=O) groups excluding carboxylic acids is 1. The molecule has 0 heterocycles. The Morgan fingerprint density at radius 2 is 1.85 bits per heavy atom. The molecule has 0 saturated carbocycles. The summed E-state index contributed by atoms with van der Waals surface area (Å²) in [4.78, 5) is 20.0. The molecule has 6 heteroatoms. The van der Waals surface area contributed by atoms with Crippen LogP contribution in [-0.4, -0.2) is 67.9 Å². The molecule has 0 fully saturated rings. The van der Waals surface area contributed by atoms with Crippen LogP contribution in [0.25, 0.3) is 0 Å². The van der Waals surface area contributed by atoms with E-state index in [1.807, 2.05) is 0 Å². The van der Waals surface area contributed by atoms with Gasteiger partial charge in [-0.25, -0.2) is 5.21 Å². The van der Waals surface area contributed by atoms with Crippen molar-refractivity contribution < 1.29 is 14.9 Å². The molecule has 1 aromatic carbocycles. The Morgan fingerprint density at radius 1 is 1.31 bits per heavy atom. The topological polar surface area (TPSA) is 69.4 Å². The molecule has 1 rings (SSSR count). The van der Waals surface area contributed by atoms with Crippen LogP contribution in [0.2, 0.25) is 0 Å². The van der Waals surface area contributed by atoms with E-state index in [4.69, 9.17) is 5.21 Å². The van der Waals surface area contributed by atoms with E-state index >= 15 is 0 Å². The zero-order valence-corrected chi connectivity index (χ0v) is 6.10. The van der Waals surface area contributed by atoms with Crippen molar-refractivity contribution in [3.05, 3.63) is 29.2 Å². The van der Waals surface area contributed by atoms with Gasteiger partial charge in [-0.05, 0) is 12.1 Å². The molecule has 2 N–H and O–H groups in total. The summed E-state index contributed by atoms with van der Waals surface area (Å²) < 4.78 is 0. The molecule has 5 nitrogen and oxygen atoms in total. The summed E-state index contributed by atoms with van der Waals surface area (Å²) in [5, 5.41) is 10.8. The number of amides is 1. The van der Waals surface area contributed by atoms with E-state index < -0.39 is 0 Å². The van der Waals surface area contributed by atoms with E-state index in [1.165, 1.54) is 24.3 Å². The number of carbonyl (C=O) groups is 1. The van der Waals surface area contributed by atoms with Crippen LogP contribution in [0.1, 0.15) is 0 Å². The first-order chi connectivity index (χ1) is 5.74. The van der Waals surface area contributed by atoms with Gasteiger partial charge in [-0.15, -0.1) is 0 Å². The van der Waals surface area contributed by atoms with Crippen molar-refractivity contribution in [1.82, 2.24) is 0 Å². The zero-order chi connectivity index (χ0) is 8.97. The predicted octanol–water partition coefficient (Wildman–Crippen LogP) is 0.406. The Kier molecular flexibility index (Phi) is 6.09. The van der Waals surface area contributed by atoms with Crippen LogP contribution in [0.3, 0.4) is 0 Å². The maximum atomic E-state index is 10.3. The second-order valence-electron chi connectivity index (χ2n) is 2.08. The van der Waals surface area contributed by atoms with Gasteiger partial charge in [-0.2, -0.15) is 0 Å². The van der Waals surface area contributed by atoms with Crippen molar-refractivity contribution >= 4 is 69.2 Å². The monoisotopic (exact) mass is 207 g/mol. The van der Waals surface area contributed by atoms with Crippen LogP contribution in [0.5, 0.6) is 0 Å². The van der Waals surface area contributed by atoms with E-state index in [0.29, 0.717) is 12.1 Å². The summed E-state index contributed by atoms with van der Waals surface area (Å²) in [6, 6.07) is 5.79. The van der Waals surface area contributed by atoms with Crippen LogP contribution in [0, 0.1) is 4.91 Å². The molecule has 0 spiro atoms. The molecule has 1 amide bonds.